The first-order valence-corrected chi connectivity index (χ1v) is 11.4. The molecule has 0 spiro atoms. The van der Waals surface area contributed by atoms with Crippen LogP contribution in [0.1, 0.15) is 40.7 Å². The molecular formula is C27H28N4O2. The van der Waals surface area contributed by atoms with Crippen LogP contribution in [0.3, 0.4) is 0 Å². The number of imidazole rings is 1. The maximum absolute atomic E-state index is 11.8. The molecule has 1 aliphatic rings. The summed E-state index contributed by atoms with van der Waals surface area (Å²) in [5.74, 6) is 0.136. The number of aromatic nitrogens is 3. The zero-order valence-corrected chi connectivity index (χ0v) is 19.5. The molecule has 0 radical (unpaired) electrons. The lowest BCUT2D eigenvalue weighted by Gasteiger charge is -2.27. The number of carbonyl (C=O) groups is 1. The van der Waals surface area contributed by atoms with Crippen molar-refractivity contribution in [3.8, 4) is 5.69 Å². The maximum atomic E-state index is 11.8. The van der Waals surface area contributed by atoms with Crippen LogP contribution >= 0.6 is 0 Å². The van der Waals surface area contributed by atoms with E-state index >= 15 is 0 Å². The summed E-state index contributed by atoms with van der Waals surface area (Å²) in [5.41, 5.74) is 10.4. The average Bonchev–Trinajstić information content (AvgIpc) is 3.07. The fourth-order valence-corrected chi connectivity index (χ4v) is 5.12. The Hall–Kier alpha value is -3.67. The fourth-order valence-electron chi connectivity index (χ4n) is 5.12. The molecule has 2 aromatic carbocycles. The van der Waals surface area contributed by atoms with Gasteiger partial charge in [-0.05, 0) is 80.1 Å². The third-order valence-corrected chi connectivity index (χ3v) is 6.62. The zero-order valence-electron chi connectivity index (χ0n) is 19.5. The van der Waals surface area contributed by atoms with Crippen molar-refractivity contribution in [2.75, 3.05) is 11.4 Å². The van der Waals surface area contributed by atoms with Gasteiger partial charge in [0.2, 0.25) is 0 Å². The van der Waals surface area contributed by atoms with Crippen molar-refractivity contribution in [2.24, 2.45) is 0 Å². The highest BCUT2D eigenvalue weighted by atomic mass is 16.4. The largest absolute Gasteiger partial charge is 0.480 e. The molecule has 2 aromatic heterocycles. The van der Waals surface area contributed by atoms with E-state index in [1.165, 1.54) is 11.1 Å². The summed E-state index contributed by atoms with van der Waals surface area (Å²) < 4.78 is 2.19. The van der Waals surface area contributed by atoms with E-state index in [0.717, 1.165) is 70.1 Å². The molecular weight excluding hydrogens is 412 g/mol. The summed E-state index contributed by atoms with van der Waals surface area (Å²) in [4.78, 5) is 23.5. The lowest BCUT2D eigenvalue weighted by atomic mass is 9.98. The molecule has 6 heteroatoms. The molecule has 33 heavy (non-hydrogen) atoms. The molecule has 5 rings (SSSR count). The van der Waals surface area contributed by atoms with Crippen LogP contribution in [-0.4, -0.2) is 32.2 Å². The second-order valence-electron chi connectivity index (χ2n) is 8.79. The number of hydrogen-bond acceptors (Lipinski definition) is 4. The lowest BCUT2D eigenvalue weighted by molar-refractivity contribution is -0.135. The van der Waals surface area contributed by atoms with Crippen LogP contribution in [0.2, 0.25) is 0 Å². The van der Waals surface area contributed by atoms with Crippen molar-refractivity contribution >= 4 is 28.5 Å². The van der Waals surface area contributed by atoms with Crippen molar-refractivity contribution in [3.05, 3.63) is 76.2 Å². The third-order valence-electron chi connectivity index (χ3n) is 6.62. The van der Waals surface area contributed by atoms with Gasteiger partial charge in [0.05, 0.1) is 5.69 Å². The third kappa shape index (κ3) is 3.46. The predicted molar refractivity (Wildman–Crippen MR) is 131 cm³/mol. The Morgan fingerprint density at radius 3 is 2.52 bits per heavy atom. The number of anilines is 2. The summed E-state index contributed by atoms with van der Waals surface area (Å²) in [6, 6.07) is 14.3. The molecule has 0 aliphatic carbocycles. The number of aryl methyl sites for hydroxylation is 4. The first-order chi connectivity index (χ1) is 15.9. The Balaban J connectivity index is 1.74. The molecule has 0 unspecified atom stereocenters. The molecule has 1 N–H and O–H groups in total. The quantitative estimate of drug-likeness (QED) is 0.471. The molecule has 0 saturated carbocycles. The van der Waals surface area contributed by atoms with E-state index in [2.05, 4.69) is 49.6 Å². The van der Waals surface area contributed by atoms with Crippen LogP contribution < -0.4 is 4.90 Å². The monoisotopic (exact) mass is 440 g/mol. The number of aliphatic carboxylic acids is 1. The van der Waals surface area contributed by atoms with Gasteiger partial charge in [-0.25, -0.2) is 9.97 Å². The normalized spacial score (nSPS) is 13.0. The summed E-state index contributed by atoms with van der Waals surface area (Å²) in [6.07, 6.45) is 2.51. The molecule has 0 amide bonds. The standard InChI is InChI=1S/C27H28N4O2/c1-5-24-29-26-16(2)14-17(3)28-27(26)31(24)21-12-13-23-20(18(21)4)11-10-19-8-6-7-9-22(19)30(23)15-25(32)33/h6-9,12-14H,5,10-11,15H2,1-4H3,(H,32,33). The summed E-state index contributed by atoms with van der Waals surface area (Å²) >= 11 is 0. The number of para-hydroxylation sites is 1. The minimum absolute atomic E-state index is 0.0725. The predicted octanol–water partition coefficient (Wildman–Crippen LogP) is 5.23. The Labute approximate surface area is 193 Å². The van der Waals surface area contributed by atoms with E-state index in [0.29, 0.717) is 0 Å². The van der Waals surface area contributed by atoms with Crippen LogP contribution in [0.25, 0.3) is 16.9 Å². The fraction of sp³-hybridized carbons (Fsp3) is 0.296. The van der Waals surface area contributed by atoms with E-state index < -0.39 is 5.97 Å². The first-order valence-electron chi connectivity index (χ1n) is 11.4. The molecule has 0 bridgehead atoms. The average molecular weight is 441 g/mol. The molecule has 0 saturated heterocycles. The number of fused-ring (bicyclic) bond motifs is 3. The Kier molecular flexibility index (Phi) is 5.16. The Morgan fingerprint density at radius 2 is 1.76 bits per heavy atom. The second-order valence-corrected chi connectivity index (χ2v) is 8.79. The van der Waals surface area contributed by atoms with Gasteiger partial charge < -0.3 is 10.0 Å². The minimum Gasteiger partial charge on any atom is -0.480 e. The van der Waals surface area contributed by atoms with Gasteiger partial charge in [0, 0.05) is 23.5 Å². The van der Waals surface area contributed by atoms with Gasteiger partial charge >= 0.3 is 5.97 Å². The van der Waals surface area contributed by atoms with Gasteiger partial charge in [-0.15, -0.1) is 0 Å². The topological polar surface area (TPSA) is 71.2 Å². The first kappa shape index (κ1) is 21.2. The maximum Gasteiger partial charge on any atom is 0.323 e. The lowest BCUT2D eigenvalue weighted by Crippen LogP contribution is -2.26. The number of rotatable bonds is 4. The highest BCUT2D eigenvalue weighted by Gasteiger charge is 2.26. The molecule has 0 fully saturated rings. The minimum atomic E-state index is -0.844. The smallest absolute Gasteiger partial charge is 0.323 e. The van der Waals surface area contributed by atoms with Gasteiger partial charge in [0.25, 0.3) is 0 Å². The number of carboxylic acid groups (broad SMARTS) is 1. The van der Waals surface area contributed by atoms with E-state index in [9.17, 15) is 9.90 Å². The van der Waals surface area contributed by atoms with Crippen molar-refractivity contribution in [1.29, 1.82) is 0 Å². The summed E-state index contributed by atoms with van der Waals surface area (Å²) in [6.45, 7) is 8.27. The van der Waals surface area contributed by atoms with Crippen molar-refractivity contribution in [2.45, 2.75) is 47.0 Å². The van der Waals surface area contributed by atoms with Crippen LogP contribution in [0, 0.1) is 20.8 Å². The molecule has 3 heterocycles. The molecule has 168 valence electrons. The van der Waals surface area contributed by atoms with Gasteiger partial charge in [0.15, 0.2) is 5.65 Å². The van der Waals surface area contributed by atoms with Crippen molar-refractivity contribution in [1.82, 2.24) is 14.5 Å². The van der Waals surface area contributed by atoms with E-state index in [-0.39, 0.29) is 6.54 Å². The van der Waals surface area contributed by atoms with Crippen LogP contribution in [0.5, 0.6) is 0 Å². The molecule has 1 aliphatic heterocycles. The number of hydrogen-bond donors (Lipinski definition) is 1. The SMILES string of the molecule is CCc1nc2c(C)cc(C)nc2n1-c1ccc2c(c1C)CCc1ccccc1N2CC(=O)O. The van der Waals surface area contributed by atoms with Crippen LogP contribution in [0.4, 0.5) is 11.4 Å². The van der Waals surface area contributed by atoms with E-state index in [1.54, 1.807) is 0 Å². The van der Waals surface area contributed by atoms with Gasteiger partial charge in [0.1, 0.15) is 17.9 Å². The molecule has 4 aromatic rings. The van der Waals surface area contributed by atoms with Crippen LogP contribution in [0.15, 0.2) is 42.5 Å². The van der Waals surface area contributed by atoms with Gasteiger partial charge in [-0.1, -0.05) is 25.1 Å². The molecule has 0 atom stereocenters. The summed E-state index contributed by atoms with van der Waals surface area (Å²) in [5, 5.41) is 9.66. The Morgan fingerprint density at radius 1 is 1.00 bits per heavy atom. The Bertz CT molecular complexity index is 1400. The zero-order chi connectivity index (χ0) is 23.3. The highest BCUT2D eigenvalue weighted by Crippen LogP contribution is 2.39. The van der Waals surface area contributed by atoms with E-state index in [4.69, 9.17) is 9.97 Å². The van der Waals surface area contributed by atoms with E-state index in [1.807, 2.05) is 30.0 Å². The number of nitrogens with zero attached hydrogens (tertiary/aromatic N) is 4. The second kappa shape index (κ2) is 8.03. The number of carboxylic acids is 1. The highest BCUT2D eigenvalue weighted by molar-refractivity contribution is 5.83. The molecule has 6 nitrogen and oxygen atoms in total. The van der Waals surface area contributed by atoms with Crippen molar-refractivity contribution in [3.63, 3.8) is 0 Å². The van der Waals surface area contributed by atoms with Crippen molar-refractivity contribution < 1.29 is 9.90 Å². The number of pyridine rings is 1. The van der Waals surface area contributed by atoms with Gasteiger partial charge in [-0.3, -0.25) is 9.36 Å². The van der Waals surface area contributed by atoms with Gasteiger partial charge in [-0.2, -0.15) is 0 Å². The number of benzene rings is 2. The van der Waals surface area contributed by atoms with Crippen LogP contribution in [-0.2, 0) is 24.1 Å². The summed E-state index contributed by atoms with van der Waals surface area (Å²) in [7, 11) is 0.